The molecule has 1 rings (SSSR count). The zero-order valence-electron chi connectivity index (χ0n) is 10.2. The summed E-state index contributed by atoms with van der Waals surface area (Å²) < 4.78 is 39.9. The van der Waals surface area contributed by atoms with E-state index < -0.39 is 34.6 Å². The lowest BCUT2D eigenvalue weighted by Crippen LogP contribution is -2.53. The number of benzene rings is 1. The minimum Gasteiger partial charge on any atom is -0.394 e. The zero-order chi connectivity index (χ0) is 14.7. The van der Waals surface area contributed by atoms with Crippen molar-refractivity contribution < 1.29 is 23.0 Å². The van der Waals surface area contributed by atoms with E-state index in [1.165, 1.54) is 12.1 Å². The third-order valence-electron chi connectivity index (χ3n) is 2.83. The molecule has 8 heteroatoms. The van der Waals surface area contributed by atoms with Crippen LogP contribution in [0.4, 0.5) is 4.39 Å². The summed E-state index contributed by atoms with van der Waals surface area (Å²) in [6.45, 7) is 0.508. The van der Waals surface area contributed by atoms with E-state index in [0.717, 1.165) is 6.07 Å². The quantitative estimate of drug-likeness (QED) is 0.710. The largest absolute Gasteiger partial charge is 0.394 e. The molecule has 19 heavy (non-hydrogen) atoms. The molecule has 0 aliphatic heterocycles. The Balaban J connectivity index is 3.14. The summed E-state index contributed by atoms with van der Waals surface area (Å²) >= 11 is 2.93. The van der Waals surface area contributed by atoms with E-state index in [-0.39, 0.29) is 15.8 Å². The fourth-order valence-electron chi connectivity index (χ4n) is 1.40. The second-order valence-corrected chi connectivity index (χ2v) is 6.67. The lowest BCUT2D eigenvalue weighted by molar-refractivity contribution is 0.105. The number of hydrogen-bond acceptors (Lipinski definition) is 4. The summed E-state index contributed by atoms with van der Waals surface area (Å²) in [7, 11) is -4.02. The fraction of sp³-hybridized carbons (Fsp3) is 0.455. The summed E-state index contributed by atoms with van der Waals surface area (Å²) in [5.41, 5.74) is -1.36. The van der Waals surface area contributed by atoms with Gasteiger partial charge in [-0.3, -0.25) is 0 Å². The number of halogens is 2. The van der Waals surface area contributed by atoms with Gasteiger partial charge in [-0.25, -0.2) is 17.5 Å². The molecule has 0 saturated heterocycles. The zero-order valence-corrected chi connectivity index (χ0v) is 12.6. The van der Waals surface area contributed by atoms with Crippen LogP contribution in [0.25, 0.3) is 0 Å². The fourth-order valence-corrected chi connectivity index (χ4v) is 3.11. The maximum atomic E-state index is 13.4. The predicted molar refractivity (Wildman–Crippen MR) is 71.6 cm³/mol. The van der Waals surface area contributed by atoms with Crippen LogP contribution in [-0.2, 0) is 10.0 Å². The molecule has 108 valence electrons. The topological polar surface area (TPSA) is 86.6 Å². The predicted octanol–water partition coefficient (Wildman–Crippen LogP) is 1.000. The van der Waals surface area contributed by atoms with Crippen LogP contribution in [0.1, 0.15) is 13.3 Å². The summed E-state index contributed by atoms with van der Waals surface area (Å²) in [5, 5.41) is 18.4. The SMILES string of the molecule is CCC(CO)(CO)NS(=O)(=O)c1ccc(Br)c(F)c1. The molecule has 5 nitrogen and oxygen atoms in total. The Morgan fingerprint density at radius 3 is 2.37 bits per heavy atom. The number of sulfonamides is 1. The summed E-state index contributed by atoms with van der Waals surface area (Å²) in [4.78, 5) is -0.270. The van der Waals surface area contributed by atoms with Gasteiger partial charge in [0.05, 0.1) is 28.1 Å². The minimum absolute atomic E-state index is 0.150. The molecule has 0 bridgehead atoms. The van der Waals surface area contributed by atoms with Gasteiger partial charge in [-0.1, -0.05) is 6.92 Å². The summed E-state index contributed by atoms with van der Waals surface area (Å²) in [6.07, 6.45) is 0.193. The highest BCUT2D eigenvalue weighted by Gasteiger charge is 2.32. The lowest BCUT2D eigenvalue weighted by atomic mass is 10.0. The van der Waals surface area contributed by atoms with Crippen LogP contribution in [0, 0.1) is 5.82 Å². The first-order chi connectivity index (χ1) is 8.80. The molecule has 0 spiro atoms. The second kappa shape index (κ2) is 6.27. The first kappa shape index (κ1) is 16.5. The third-order valence-corrected chi connectivity index (χ3v) is 5.05. The molecular formula is C11H15BrFNO4S. The van der Waals surface area contributed by atoms with Crippen LogP contribution in [0.15, 0.2) is 27.6 Å². The minimum atomic E-state index is -4.02. The molecule has 0 saturated carbocycles. The maximum absolute atomic E-state index is 13.4. The van der Waals surface area contributed by atoms with Gasteiger partial charge in [0.25, 0.3) is 0 Å². The van der Waals surface area contributed by atoms with Crippen LogP contribution in [0.3, 0.4) is 0 Å². The molecule has 0 fully saturated rings. The van der Waals surface area contributed by atoms with Gasteiger partial charge in [-0.2, -0.15) is 0 Å². The smallest absolute Gasteiger partial charge is 0.241 e. The Morgan fingerprint density at radius 1 is 1.37 bits per heavy atom. The van der Waals surface area contributed by atoms with Gasteiger partial charge in [0, 0.05) is 0 Å². The number of aliphatic hydroxyl groups excluding tert-OH is 2. The highest BCUT2D eigenvalue weighted by atomic mass is 79.9. The van der Waals surface area contributed by atoms with Crippen LogP contribution in [0.2, 0.25) is 0 Å². The molecule has 0 aromatic heterocycles. The van der Waals surface area contributed by atoms with Gasteiger partial charge < -0.3 is 10.2 Å². The normalized spacial score (nSPS) is 12.7. The van der Waals surface area contributed by atoms with Gasteiger partial charge in [0.2, 0.25) is 10.0 Å². The highest BCUT2D eigenvalue weighted by Crippen LogP contribution is 2.21. The molecular weight excluding hydrogens is 341 g/mol. The van der Waals surface area contributed by atoms with Crippen LogP contribution < -0.4 is 4.72 Å². The van der Waals surface area contributed by atoms with E-state index in [9.17, 15) is 23.0 Å². The molecule has 0 radical (unpaired) electrons. The standard InChI is InChI=1S/C11H15BrFNO4S/c1-2-11(6-15,7-16)14-19(17,18)8-3-4-9(12)10(13)5-8/h3-5,14-16H,2,6-7H2,1H3. The third kappa shape index (κ3) is 3.73. The number of rotatable bonds is 6. The molecule has 1 aromatic carbocycles. The van der Waals surface area contributed by atoms with E-state index in [1.54, 1.807) is 6.92 Å². The molecule has 0 amide bonds. The molecule has 0 atom stereocenters. The van der Waals surface area contributed by atoms with Crippen LogP contribution >= 0.6 is 15.9 Å². The Kier molecular flexibility index (Phi) is 5.45. The van der Waals surface area contributed by atoms with Crippen molar-refractivity contribution in [3.63, 3.8) is 0 Å². The average molecular weight is 356 g/mol. The van der Waals surface area contributed by atoms with Crippen molar-refractivity contribution in [2.45, 2.75) is 23.8 Å². The van der Waals surface area contributed by atoms with Crippen molar-refractivity contribution in [2.75, 3.05) is 13.2 Å². The van der Waals surface area contributed by atoms with E-state index >= 15 is 0 Å². The molecule has 0 unspecified atom stereocenters. The number of hydrogen-bond donors (Lipinski definition) is 3. The second-order valence-electron chi connectivity index (χ2n) is 4.13. The van der Waals surface area contributed by atoms with Crippen molar-refractivity contribution in [3.05, 3.63) is 28.5 Å². The molecule has 0 heterocycles. The van der Waals surface area contributed by atoms with Crippen LogP contribution in [0.5, 0.6) is 0 Å². The Morgan fingerprint density at radius 2 is 1.95 bits per heavy atom. The van der Waals surface area contributed by atoms with Crippen molar-refractivity contribution in [3.8, 4) is 0 Å². The Labute approximate surface area is 119 Å². The highest BCUT2D eigenvalue weighted by molar-refractivity contribution is 9.10. The van der Waals surface area contributed by atoms with Gasteiger partial charge in [-0.15, -0.1) is 0 Å². The Hall–Kier alpha value is -0.540. The van der Waals surface area contributed by atoms with Crippen molar-refractivity contribution in [1.82, 2.24) is 4.72 Å². The number of nitrogens with one attached hydrogen (secondary N) is 1. The van der Waals surface area contributed by atoms with E-state index in [4.69, 9.17) is 0 Å². The van der Waals surface area contributed by atoms with Crippen LogP contribution in [-0.4, -0.2) is 37.4 Å². The molecule has 1 aromatic rings. The Bertz CT molecular complexity index is 537. The van der Waals surface area contributed by atoms with E-state index in [0.29, 0.717) is 0 Å². The molecule has 3 N–H and O–H groups in total. The van der Waals surface area contributed by atoms with Gasteiger partial charge in [0.1, 0.15) is 5.82 Å². The average Bonchev–Trinajstić information content (AvgIpc) is 2.39. The van der Waals surface area contributed by atoms with Gasteiger partial charge in [0.15, 0.2) is 0 Å². The van der Waals surface area contributed by atoms with Crippen molar-refractivity contribution in [1.29, 1.82) is 0 Å². The van der Waals surface area contributed by atoms with E-state index in [2.05, 4.69) is 20.7 Å². The monoisotopic (exact) mass is 355 g/mol. The van der Waals surface area contributed by atoms with Crippen molar-refractivity contribution in [2.24, 2.45) is 0 Å². The lowest BCUT2D eigenvalue weighted by Gasteiger charge is -2.29. The first-order valence-corrected chi connectivity index (χ1v) is 7.78. The summed E-state index contributed by atoms with van der Waals surface area (Å²) in [6, 6.07) is 3.36. The molecule has 0 aliphatic rings. The van der Waals surface area contributed by atoms with Gasteiger partial charge in [-0.05, 0) is 40.5 Å². The number of aliphatic hydroxyl groups is 2. The molecule has 0 aliphatic carbocycles. The first-order valence-electron chi connectivity index (χ1n) is 5.51. The summed E-state index contributed by atoms with van der Waals surface area (Å²) in [5.74, 6) is -0.710. The van der Waals surface area contributed by atoms with Crippen molar-refractivity contribution >= 4 is 26.0 Å². The maximum Gasteiger partial charge on any atom is 0.241 e. The van der Waals surface area contributed by atoms with Gasteiger partial charge >= 0.3 is 0 Å². The van der Waals surface area contributed by atoms with E-state index in [1.807, 2.05) is 0 Å².